The van der Waals surface area contributed by atoms with Gasteiger partial charge in [0.25, 0.3) is 0 Å². The minimum atomic E-state index is -4.14. The number of alkyl halides is 3. The molecule has 4 nitrogen and oxygen atoms in total. The maximum atomic E-state index is 12.0. The van der Waals surface area contributed by atoms with Crippen LogP contribution in [0.1, 0.15) is 44.9 Å². The van der Waals surface area contributed by atoms with Gasteiger partial charge in [0.15, 0.2) is 5.96 Å². The Bertz CT molecular complexity index is 308. The van der Waals surface area contributed by atoms with Crippen molar-refractivity contribution in [2.75, 3.05) is 26.7 Å². The van der Waals surface area contributed by atoms with E-state index in [0.717, 1.165) is 19.3 Å². The average molecular weight is 437 g/mol. The monoisotopic (exact) mass is 437 g/mol. The van der Waals surface area contributed by atoms with Crippen LogP contribution < -0.4 is 10.6 Å². The molecule has 0 radical (unpaired) electrons. The third-order valence-corrected chi connectivity index (χ3v) is 3.44. The summed E-state index contributed by atoms with van der Waals surface area (Å²) in [5.74, 6) is 0.400. The Balaban J connectivity index is 0.00000441. The van der Waals surface area contributed by atoms with Gasteiger partial charge in [-0.25, -0.2) is 0 Å². The minimum absolute atomic E-state index is 0. The smallest absolute Gasteiger partial charge is 0.378 e. The highest BCUT2D eigenvalue weighted by molar-refractivity contribution is 14.0. The summed E-state index contributed by atoms with van der Waals surface area (Å²) in [6.45, 7) is 1.15. The summed E-state index contributed by atoms with van der Waals surface area (Å²) >= 11 is 0. The molecule has 22 heavy (non-hydrogen) atoms. The lowest BCUT2D eigenvalue weighted by molar-refractivity contribution is -0.132. The van der Waals surface area contributed by atoms with Crippen LogP contribution in [-0.2, 0) is 4.74 Å². The van der Waals surface area contributed by atoms with Gasteiger partial charge in [-0.15, -0.1) is 24.0 Å². The van der Waals surface area contributed by atoms with Gasteiger partial charge in [0, 0.05) is 26.7 Å². The normalized spacial score (nSPS) is 17.0. The van der Waals surface area contributed by atoms with E-state index in [-0.39, 0.29) is 30.5 Å². The SMILES string of the molecule is CN=C(NCCCOC1CCCCC1)NCCC(F)(F)F.I. The molecule has 1 aliphatic carbocycles. The summed E-state index contributed by atoms with van der Waals surface area (Å²) in [6.07, 6.45) is 2.30. The van der Waals surface area contributed by atoms with E-state index in [1.54, 1.807) is 7.05 Å². The van der Waals surface area contributed by atoms with Gasteiger partial charge in [0.1, 0.15) is 0 Å². The van der Waals surface area contributed by atoms with Crippen molar-refractivity contribution in [2.45, 2.75) is 57.2 Å². The number of hydrogen-bond acceptors (Lipinski definition) is 2. The van der Waals surface area contributed by atoms with Gasteiger partial charge < -0.3 is 15.4 Å². The van der Waals surface area contributed by atoms with Crippen LogP contribution in [0.25, 0.3) is 0 Å². The first-order valence-electron chi connectivity index (χ1n) is 7.64. The van der Waals surface area contributed by atoms with Crippen molar-refractivity contribution in [3.8, 4) is 0 Å². The maximum Gasteiger partial charge on any atom is 0.390 e. The third kappa shape index (κ3) is 11.3. The summed E-state index contributed by atoms with van der Waals surface area (Å²) < 4.78 is 41.8. The molecule has 8 heteroatoms. The molecule has 0 aliphatic heterocycles. The quantitative estimate of drug-likeness (QED) is 0.278. The first-order valence-corrected chi connectivity index (χ1v) is 7.64. The van der Waals surface area contributed by atoms with Crippen molar-refractivity contribution in [2.24, 2.45) is 4.99 Å². The molecular weight excluding hydrogens is 410 g/mol. The average Bonchev–Trinajstić information content (AvgIpc) is 2.45. The predicted molar refractivity (Wildman–Crippen MR) is 92.9 cm³/mol. The van der Waals surface area contributed by atoms with E-state index < -0.39 is 12.6 Å². The second kappa shape index (κ2) is 12.2. The van der Waals surface area contributed by atoms with Crippen molar-refractivity contribution in [3.05, 3.63) is 0 Å². The van der Waals surface area contributed by atoms with Crippen molar-refractivity contribution < 1.29 is 17.9 Å². The molecular formula is C14H27F3IN3O. The Morgan fingerprint density at radius 1 is 1.14 bits per heavy atom. The molecule has 132 valence electrons. The van der Waals surface area contributed by atoms with E-state index >= 15 is 0 Å². The topological polar surface area (TPSA) is 45.7 Å². The highest BCUT2D eigenvalue weighted by Crippen LogP contribution is 2.20. The van der Waals surface area contributed by atoms with E-state index in [1.807, 2.05) is 0 Å². The van der Waals surface area contributed by atoms with Crippen molar-refractivity contribution in [3.63, 3.8) is 0 Å². The highest BCUT2D eigenvalue weighted by Gasteiger charge is 2.26. The van der Waals surface area contributed by atoms with Crippen LogP contribution in [0.2, 0.25) is 0 Å². The number of nitrogens with zero attached hydrogens (tertiary/aromatic N) is 1. The van der Waals surface area contributed by atoms with Gasteiger partial charge in [0.05, 0.1) is 12.5 Å². The molecule has 0 atom stereocenters. The summed E-state index contributed by atoms with van der Waals surface area (Å²) in [4.78, 5) is 3.88. The Morgan fingerprint density at radius 2 is 1.77 bits per heavy atom. The molecule has 1 aliphatic rings. The molecule has 0 spiro atoms. The van der Waals surface area contributed by atoms with Gasteiger partial charge in [-0.3, -0.25) is 4.99 Å². The molecule has 0 bridgehead atoms. The first-order chi connectivity index (χ1) is 10.0. The van der Waals surface area contributed by atoms with Gasteiger partial charge in [-0.1, -0.05) is 19.3 Å². The fourth-order valence-corrected chi connectivity index (χ4v) is 2.30. The summed E-state index contributed by atoms with van der Waals surface area (Å²) in [5.41, 5.74) is 0. The number of hydrogen-bond donors (Lipinski definition) is 2. The molecule has 0 heterocycles. The van der Waals surface area contributed by atoms with E-state index in [2.05, 4.69) is 15.6 Å². The number of rotatable bonds is 7. The fraction of sp³-hybridized carbons (Fsp3) is 0.929. The van der Waals surface area contributed by atoms with Gasteiger partial charge in [-0.2, -0.15) is 13.2 Å². The number of aliphatic imine (C=N–C) groups is 1. The lowest BCUT2D eigenvalue weighted by atomic mass is 9.98. The second-order valence-corrected chi connectivity index (χ2v) is 5.28. The lowest BCUT2D eigenvalue weighted by Crippen LogP contribution is -2.39. The molecule has 0 aromatic rings. The molecule has 1 saturated carbocycles. The summed E-state index contributed by atoms with van der Waals surface area (Å²) in [7, 11) is 1.54. The van der Waals surface area contributed by atoms with Crippen molar-refractivity contribution in [1.29, 1.82) is 0 Å². The zero-order chi connectivity index (χ0) is 15.6. The van der Waals surface area contributed by atoms with Gasteiger partial charge >= 0.3 is 6.18 Å². The Hall–Kier alpha value is -0.250. The van der Waals surface area contributed by atoms with Crippen LogP contribution in [0.15, 0.2) is 4.99 Å². The second-order valence-electron chi connectivity index (χ2n) is 5.28. The van der Waals surface area contributed by atoms with Crippen LogP contribution in [0.5, 0.6) is 0 Å². The lowest BCUT2D eigenvalue weighted by Gasteiger charge is -2.22. The standard InChI is InChI=1S/C14H26F3N3O.HI/c1-18-13(20-10-8-14(15,16)17)19-9-5-11-21-12-6-3-2-4-7-12;/h12H,2-11H2,1H3,(H2,18,19,20);1H. The fourth-order valence-electron chi connectivity index (χ4n) is 2.30. The van der Waals surface area contributed by atoms with E-state index in [0.29, 0.717) is 25.2 Å². The van der Waals surface area contributed by atoms with Crippen molar-refractivity contribution >= 4 is 29.9 Å². The molecule has 0 unspecified atom stereocenters. The number of nitrogens with one attached hydrogen (secondary N) is 2. The van der Waals surface area contributed by atoms with Gasteiger partial charge in [0.2, 0.25) is 0 Å². The summed E-state index contributed by atoms with van der Waals surface area (Å²) in [5, 5.41) is 5.63. The zero-order valence-electron chi connectivity index (χ0n) is 13.0. The largest absolute Gasteiger partial charge is 0.390 e. The molecule has 0 amide bonds. The molecule has 1 rings (SSSR count). The molecule has 0 saturated heterocycles. The van der Waals surface area contributed by atoms with E-state index in [9.17, 15) is 13.2 Å². The highest BCUT2D eigenvalue weighted by atomic mass is 127. The number of guanidine groups is 1. The van der Waals surface area contributed by atoms with Crippen LogP contribution in [-0.4, -0.2) is 45.0 Å². The maximum absolute atomic E-state index is 12.0. The Morgan fingerprint density at radius 3 is 2.36 bits per heavy atom. The third-order valence-electron chi connectivity index (χ3n) is 3.44. The van der Waals surface area contributed by atoms with E-state index in [1.165, 1.54) is 19.3 Å². The number of ether oxygens (including phenoxy) is 1. The molecule has 0 aromatic heterocycles. The first kappa shape index (κ1) is 21.8. The minimum Gasteiger partial charge on any atom is -0.378 e. The predicted octanol–water partition coefficient (Wildman–Crippen LogP) is 3.46. The summed E-state index contributed by atoms with van der Waals surface area (Å²) in [6, 6.07) is 0. The van der Waals surface area contributed by atoms with Gasteiger partial charge in [-0.05, 0) is 19.3 Å². The molecule has 0 aromatic carbocycles. The van der Waals surface area contributed by atoms with Crippen LogP contribution >= 0.6 is 24.0 Å². The number of halogens is 4. The zero-order valence-corrected chi connectivity index (χ0v) is 15.4. The Labute approximate surface area is 147 Å². The van der Waals surface area contributed by atoms with Crippen LogP contribution in [0.4, 0.5) is 13.2 Å². The molecule has 2 N–H and O–H groups in total. The van der Waals surface area contributed by atoms with Crippen molar-refractivity contribution in [1.82, 2.24) is 10.6 Å². The van der Waals surface area contributed by atoms with Crippen LogP contribution in [0.3, 0.4) is 0 Å². The van der Waals surface area contributed by atoms with E-state index in [4.69, 9.17) is 4.74 Å². The van der Waals surface area contributed by atoms with Crippen LogP contribution in [0, 0.1) is 0 Å². The molecule has 1 fully saturated rings. The Kier molecular flexibility index (Phi) is 12.1.